The summed E-state index contributed by atoms with van der Waals surface area (Å²) < 4.78 is 51.6. The van der Waals surface area contributed by atoms with Crippen LogP contribution in [0, 0.1) is 0 Å². The van der Waals surface area contributed by atoms with Gasteiger partial charge in [0.05, 0.1) is 5.02 Å². The summed E-state index contributed by atoms with van der Waals surface area (Å²) >= 11 is 12.6. The molecule has 0 radical (unpaired) electrons. The van der Waals surface area contributed by atoms with Gasteiger partial charge in [-0.05, 0) is 88.7 Å². The third-order valence-electron chi connectivity index (χ3n) is 4.12. The minimum atomic E-state index is -4.82. The molecule has 0 N–H and O–H groups in total. The maximum Gasteiger partial charge on any atom is 0.573 e. The van der Waals surface area contributed by atoms with Gasteiger partial charge in [-0.2, -0.15) is 0 Å². The van der Waals surface area contributed by atoms with Crippen molar-refractivity contribution < 1.29 is 37.0 Å². The average Bonchev–Trinajstić information content (AvgIpc) is 2.68. The lowest BCUT2D eigenvalue weighted by Gasteiger charge is -2.29. The van der Waals surface area contributed by atoms with Gasteiger partial charge in [-0.3, -0.25) is 4.79 Å². The average molecular weight is 519 g/mol. The molecule has 0 heterocycles. The van der Waals surface area contributed by atoms with Gasteiger partial charge >= 0.3 is 12.3 Å². The van der Waals surface area contributed by atoms with E-state index in [1.165, 1.54) is 44.2 Å². The number of hydrogen-bond donors (Lipinski definition) is 0. The number of ether oxygens (including phenoxy) is 3. The quantitative estimate of drug-likeness (QED) is 0.219. The van der Waals surface area contributed by atoms with Crippen LogP contribution in [0.15, 0.2) is 42.5 Å². The summed E-state index contributed by atoms with van der Waals surface area (Å²) in [5.74, 6) is -1.36. The zero-order valence-corrected chi connectivity index (χ0v) is 20.6. The van der Waals surface area contributed by atoms with Gasteiger partial charge in [0.25, 0.3) is 0 Å². The first-order chi connectivity index (χ1) is 15.5. The monoisotopic (exact) mass is 518 g/mol. The summed E-state index contributed by atoms with van der Waals surface area (Å²) in [5, 5.41) is 0.110. The highest BCUT2D eigenvalue weighted by Crippen LogP contribution is 2.37. The van der Waals surface area contributed by atoms with Gasteiger partial charge in [0, 0.05) is 5.56 Å². The SMILES string of the molecule is CC(C)(C)OC(=O)C(C)(C)Oc1ccc(C=CC(=O)c2ccc(OC(F)(F)F)cc2)c(Cl)c1Cl. The maximum absolute atomic E-state index is 12.4. The lowest BCUT2D eigenvalue weighted by molar-refractivity contribution is -0.274. The van der Waals surface area contributed by atoms with Crippen molar-refractivity contribution in [3.63, 3.8) is 0 Å². The molecule has 0 saturated heterocycles. The highest BCUT2D eigenvalue weighted by Gasteiger charge is 2.35. The first-order valence-corrected chi connectivity index (χ1v) is 10.7. The molecule has 0 aromatic heterocycles. The van der Waals surface area contributed by atoms with Gasteiger partial charge in [-0.15, -0.1) is 13.2 Å². The van der Waals surface area contributed by atoms with E-state index >= 15 is 0 Å². The van der Waals surface area contributed by atoms with Crippen molar-refractivity contribution in [2.45, 2.75) is 52.2 Å². The standard InChI is InChI=1S/C24H23Cl2F3O5/c1-22(2,3)34-21(31)23(4,5)33-18-13-9-15(19(25)20(18)26)8-12-17(30)14-6-10-16(11-7-14)32-24(27,28)29/h6-13H,1-5H3. The third-order valence-corrected chi connectivity index (χ3v) is 5.00. The largest absolute Gasteiger partial charge is 0.573 e. The predicted molar refractivity (Wildman–Crippen MR) is 124 cm³/mol. The van der Waals surface area contributed by atoms with E-state index in [4.69, 9.17) is 32.7 Å². The molecule has 0 bridgehead atoms. The summed E-state index contributed by atoms with van der Waals surface area (Å²) in [4.78, 5) is 24.8. The van der Waals surface area contributed by atoms with Gasteiger partial charge in [-0.25, -0.2) is 4.79 Å². The highest BCUT2D eigenvalue weighted by atomic mass is 35.5. The molecule has 5 nitrogen and oxygen atoms in total. The van der Waals surface area contributed by atoms with Crippen LogP contribution in [-0.4, -0.2) is 29.3 Å². The molecule has 0 fully saturated rings. The molecule has 2 rings (SSSR count). The summed E-state index contributed by atoms with van der Waals surface area (Å²) in [6, 6.07) is 7.52. The second-order valence-corrected chi connectivity index (χ2v) is 9.42. The Kier molecular flexibility index (Phi) is 8.32. The summed E-state index contributed by atoms with van der Waals surface area (Å²) in [6.45, 7) is 8.26. The van der Waals surface area contributed by atoms with Gasteiger partial charge in [0.1, 0.15) is 22.1 Å². The fraction of sp³-hybridized carbons (Fsp3) is 0.333. The normalized spacial score (nSPS) is 12.5. The van der Waals surface area contributed by atoms with Crippen LogP contribution < -0.4 is 9.47 Å². The molecule has 0 aliphatic heterocycles. The zero-order chi connectivity index (χ0) is 25.9. The molecule has 184 valence electrons. The number of ketones is 1. The van der Waals surface area contributed by atoms with E-state index in [0.29, 0.717) is 5.56 Å². The van der Waals surface area contributed by atoms with Crippen LogP contribution in [0.3, 0.4) is 0 Å². The second kappa shape index (κ2) is 10.3. The summed E-state index contributed by atoms with van der Waals surface area (Å²) in [7, 11) is 0. The van der Waals surface area contributed by atoms with Crippen molar-refractivity contribution in [1.82, 2.24) is 0 Å². The summed E-state index contributed by atoms with van der Waals surface area (Å²) in [6.07, 6.45) is -2.22. The molecule has 2 aromatic rings. The first kappa shape index (κ1) is 27.5. The van der Waals surface area contributed by atoms with Crippen LogP contribution >= 0.6 is 23.2 Å². The van der Waals surface area contributed by atoms with Crippen LogP contribution in [0.2, 0.25) is 10.0 Å². The number of carbonyl (C=O) groups excluding carboxylic acids is 2. The lowest BCUT2D eigenvalue weighted by Crippen LogP contribution is -2.43. The Balaban J connectivity index is 2.15. The minimum absolute atomic E-state index is 0.0292. The molecule has 34 heavy (non-hydrogen) atoms. The van der Waals surface area contributed by atoms with E-state index < -0.39 is 35.1 Å². The second-order valence-electron chi connectivity index (χ2n) is 8.66. The number of halogens is 5. The van der Waals surface area contributed by atoms with E-state index in [1.807, 2.05) is 0 Å². The van der Waals surface area contributed by atoms with E-state index in [1.54, 1.807) is 26.8 Å². The Morgan fingerprint density at radius 1 is 0.853 bits per heavy atom. The Morgan fingerprint density at radius 2 is 1.44 bits per heavy atom. The number of rotatable bonds is 7. The van der Waals surface area contributed by atoms with Gasteiger partial charge in [0.2, 0.25) is 0 Å². The number of carbonyl (C=O) groups is 2. The molecule has 2 aromatic carbocycles. The Bertz CT molecular complexity index is 1090. The molecular weight excluding hydrogens is 496 g/mol. The summed E-state index contributed by atoms with van der Waals surface area (Å²) in [5.41, 5.74) is -1.52. The third kappa shape index (κ3) is 7.95. The molecule has 0 saturated carbocycles. The van der Waals surface area contributed by atoms with E-state index in [0.717, 1.165) is 12.1 Å². The molecule has 0 aliphatic rings. The van der Waals surface area contributed by atoms with E-state index in [9.17, 15) is 22.8 Å². The zero-order valence-electron chi connectivity index (χ0n) is 19.0. The van der Waals surface area contributed by atoms with Gasteiger partial charge in [0.15, 0.2) is 11.4 Å². The fourth-order valence-electron chi connectivity index (χ4n) is 2.55. The van der Waals surface area contributed by atoms with Crippen molar-refractivity contribution >= 4 is 41.0 Å². The molecule has 0 aliphatic carbocycles. The van der Waals surface area contributed by atoms with Crippen molar-refractivity contribution in [3.8, 4) is 11.5 Å². The Hall–Kier alpha value is -2.71. The van der Waals surface area contributed by atoms with Crippen LogP contribution in [0.5, 0.6) is 11.5 Å². The first-order valence-electron chi connectivity index (χ1n) is 9.97. The van der Waals surface area contributed by atoms with Gasteiger partial charge < -0.3 is 14.2 Å². The van der Waals surface area contributed by atoms with Crippen molar-refractivity contribution in [2.24, 2.45) is 0 Å². The van der Waals surface area contributed by atoms with Crippen LogP contribution in [0.1, 0.15) is 50.5 Å². The Labute approximate surface area is 205 Å². The smallest absolute Gasteiger partial charge is 0.475 e. The molecular formula is C24H23Cl2F3O5. The van der Waals surface area contributed by atoms with Crippen molar-refractivity contribution in [1.29, 1.82) is 0 Å². The molecule has 0 atom stereocenters. The van der Waals surface area contributed by atoms with Crippen LogP contribution in [0.4, 0.5) is 13.2 Å². The van der Waals surface area contributed by atoms with Crippen molar-refractivity contribution in [3.05, 3.63) is 63.6 Å². The molecule has 0 unspecified atom stereocenters. The minimum Gasteiger partial charge on any atom is -0.475 e. The number of allylic oxidation sites excluding steroid dienone is 1. The Morgan fingerprint density at radius 3 is 1.97 bits per heavy atom. The van der Waals surface area contributed by atoms with Crippen LogP contribution in [0.25, 0.3) is 6.08 Å². The topological polar surface area (TPSA) is 61.8 Å². The number of hydrogen-bond acceptors (Lipinski definition) is 5. The number of benzene rings is 2. The van der Waals surface area contributed by atoms with Crippen LogP contribution in [-0.2, 0) is 9.53 Å². The maximum atomic E-state index is 12.4. The molecule has 10 heteroatoms. The molecule has 0 spiro atoms. The van der Waals surface area contributed by atoms with Gasteiger partial charge in [-0.1, -0.05) is 23.2 Å². The number of alkyl halides is 3. The lowest BCUT2D eigenvalue weighted by atomic mass is 10.1. The molecule has 0 amide bonds. The fourth-order valence-corrected chi connectivity index (χ4v) is 2.98. The van der Waals surface area contributed by atoms with Crippen molar-refractivity contribution in [2.75, 3.05) is 0 Å². The highest BCUT2D eigenvalue weighted by molar-refractivity contribution is 6.43. The van der Waals surface area contributed by atoms with E-state index in [2.05, 4.69) is 4.74 Å². The van der Waals surface area contributed by atoms with E-state index in [-0.39, 0.29) is 21.4 Å². The number of esters is 1. The predicted octanol–water partition coefficient (Wildman–Crippen LogP) is 7.29.